The highest BCUT2D eigenvalue weighted by atomic mass is 32.2. The second kappa shape index (κ2) is 10.9. The molecular formula is C27H28F3N3O6S. The van der Waals surface area contributed by atoms with Gasteiger partial charge in [0.1, 0.15) is 18.1 Å². The standard InChI is InChI=1S/C27H28F3N3O6S/c28-27(29,30)40(37,38)32-12-10-31(11-13-32)15-18-4-6-19(7-5-18)17-39-25-3-1-2-21-22(25)16-33(26(21)36)23-9-8-20(34)14-24(23)35/h1-7,23H,8-17H2/t23-/m0/s1. The molecule has 1 saturated carbocycles. The number of ether oxygens (including phenoxy) is 1. The van der Waals surface area contributed by atoms with Gasteiger partial charge in [-0.1, -0.05) is 30.3 Å². The Labute approximate surface area is 229 Å². The number of carbonyl (C=O) groups is 3. The van der Waals surface area contributed by atoms with E-state index in [1.807, 2.05) is 29.2 Å². The summed E-state index contributed by atoms with van der Waals surface area (Å²) in [7, 11) is -5.31. The first kappa shape index (κ1) is 28.2. The monoisotopic (exact) mass is 579 g/mol. The average Bonchev–Trinajstić information content (AvgIpc) is 3.24. The molecule has 13 heteroatoms. The number of hydrogen-bond donors (Lipinski definition) is 0. The second-order valence-corrected chi connectivity index (χ2v) is 12.1. The molecule has 2 aliphatic heterocycles. The molecule has 0 radical (unpaired) electrons. The van der Waals surface area contributed by atoms with Gasteiger partial charge in [0.05, 0.1) is 19.0 Å². The Hall–Kier alpha value is -3.29. The molecule has 2 heterocycles. The van der Waals surface area contributed by atoms with Crippen LogP contribution in [0.2, 0.25) is 0 Å². The van der Waals surface area contributed by atoms with E-state index < -0.39 is 21.6 Å². The van der Waals surface area contributed by atoms with Crippen LogP contribution in [0.15, 0.2) is 42.5 Å². The van der Waals surface area contributed by atoms with Gasteiger partial charge in [0.25, 0.3) is 5.91 Å². The molecule has 0 aromatic heterocycles. The van der Waals surface area contributed by atoms with Crippen molar-refractivity contribution < 1.29 is 40.7 Å². The van der Waals surface area contributed by atoms with Crippen molar-refractivity contribution in [2.45, 2.75) is 50.5 Å². The van der Waals surface area contributed by atoms with Crippen molar-refractivity contribution in [2.24, 2.45) is 0 Å². The van der Waals surface area contributed by atoms with Gasteiger partial charge in [-0.05, 0) is 29.7 Å². The van der Waals surface area contributed by atoms with Crippen molar-refractivity contribution in [1.29, 1.82) is 0 Å². The normalized spacial score (nSPS) is 21.1. The van der Waals surface area contributed by atoms with Crippen molar-refractivity contribution in [3.63, 3.8) is 0 Å². The van der Waals surface area contributed by atoms with Gasteiger partial charge >= 0.3 is 15.5 Å². The van der Waals surface area contributed by atoms with E-state index in [-0.39, 0.29) is 69.6 Å². The molecule has 2 aromatic carbocycles. The number of nitrogens with zero attached hydrogens (tertiary/aromatic N) is 3. The van der Waals surface area contributed by atoms with E-state index in [4.69, 9.17) is 4.74 Å². The van der Waals surface area contributed by atoms with Gasteiger partial charge in [-0.25, -0.2) is 8.42 Å². The summed E-state index contributed by atoms with van der Waals surface area (Å²) in [4.78, 5) is 40.4. The number of amides is 1. The lowest BCUT2D eigenvalue weighted by Gasteiger charge is -2.34. The van der Waals surface area contributed by atoms with Crippen molar-refractivity contribution in [3.8, 4) is 5.75 Å². The number of fused-ring (bicyclic) bond motifs is 1. The number of benzene rings is 2. The average molecular weight is 580 g/mol. The molecule has 1 saturated heterocycles. The fourth-order valence-corrected chi connectivity index (χ4v) is 6.27. The quantitative estimate of drug-likeness (QED) is 0.465. The zero-order valence-corrected chi connectivity index (χ0v) is 22.3. The third-order valence-corrected chi connectivity index (χ3v) is 9.19. The van der Waals surface area contributed by atoms with E-state index in [1.54, 1.807) is 18.2 Å². The SMILES string of the molecule is O=C1CC[C@H](N2Cc3c(OCc4ccc(CN5CCN(S(=O)(=O)C(F)(F)F)CC5)cc4)cccc3C2=O)C(=O)C1. The number of piperazine rings is 1. The Kier molecular flexibility index (Phi) is 7.73. The Morgan fingerprint density at radius 2 is 1.60 bits per heavy atom. The Morgan fingerprint density at radius 3 is 2.25 bits per heavy atom. The number of hydrogen-bond acceptors (Lipinski definition) is 7. The highest BCUT2D eigenvalue weighted by Crippen LogP contribution is 2.35. The van der Waals surface area contributed by atoms with Crippen LogP contribution in [-0.2, 0) is 39.3 Å². The van der Waals surface area contributed by atoms with Gasteiger partial charge in [-0.2, -0.15) is 17.5 Å². The Balaban J connectivity index is 1.16. The third kappa shape index (κ3) is 5.63. The Bertz CT molecular complexity index is 1420. The minimum absolute atomic E-state index is 0.0978. The summed E-state index contributed by atoms with van der Waals surface area (Å²) in [5.74, 6) is -0.0228. The molecule has 1 atom stereocenters. The van der Waals surface area contributed by atoms with Crippen LogP contribution in [0.25, 0.3) is 0 Å². The van der Waals surface area contributed by atoms with Crippen LogP contribution < -0.4 is 4.74 Å². The number of halogens is 3. The van der Waals surface area contributed by atoms with Crippen LogP contribution >= 0.6 is 0 Å². The van der Waals surface area contributed by atoms with E-state index in [1.165, 1.54) is 4.90 Å². The molecule has 40 heavy (non-hydrogen) atoms. The Morgan fingerprint density at radius 1 is 0.925 bits per heavy atom. The largest absolute Gasteiger partial charge is 0.511 e. The maximum absolute atomic E-state index is 13.0. The molecule has 3 aliphatic rings. The highest BCUT2D eigenvalue weighted by molar-refractivity contribution is 7.90. The predicted molar refractivity (Wildman–Crippen MR) is 137 cm³/mol. The molecule has 1 aliphatic carbocycles. The zero-order chi connectivity index (χ0) is 28.7. The van der Waals surface area contributed by atoms with E-state index in [2.05, 4.69) is 0 Å². The maximum atomic E-state index is 13.0. The van der Waals surface area contributed by atoms with Crippen molar-refractivity contribution in [3.05, 3.63) is 64.7 Å². The molecule has 2 fully saturated rings. The van der Waals surface area contributed by atoms with E-state index >= 15 is 0 Å². The van der Waals surface area contributed by atoms with Crippen molar-refractivity contribution in [2.75, 3.05) is 26.2 Å². The zero-order valence-electron chi connectivity index (χ0n) is 21.5. The fourth-order valence-electron chi connectivity index (χ4n) is 5.34. The molecule has 0 spiro atoms. The number of alkyl halides is 3. The lowest BCUT2D eigenvalue weighted by atomic mass is 9.92. The van der Waals surface area contributed by atoms with Gasteiger partial charge in [0, 0.05) is 50.3 Å². The van der Waals surface area contributed by atoms with Crippen LogP contribution in [-0.4, -0.2) is 77.7 Å². The first-order chi connectivity index (χ1) is 18.9. The first-order valence-electron chi connectivity index (χ1n) is 12.9. The molecule has 0 unspecified atom stereocenters. The van der Waals surface area contributed by atoms with Crippen molar-refractivity contribution in [1.82, 2.24) is 14.1 Å². The first-order valence-corrected chi connectivity index (χ1v) is 14.3. The van der Waals surface area contributed by atoms with E-state index in [0.717, 1.165) is 11.1 Å². The van der Waals surface area contributed by atoms with Crippen LogP contribution in [0.4, 0.5) is 13.2 Å². The molecule has 2 aromatic rings. The topological polar surface area (TPSA) is 104 Å². The van der Waals surface area contributed by atoms with E-state index in [9.17, 15) is 36.0 Å². The smallest absolute Gasteiger partial charge is 0.489 e. The minimum Gasteiger partial charge on any atom is -0.489 e. The predicted octanol–water partition coefficient (Wildman–Crippen LogP) is 2.88. The molecule has 0 N–H and O–H groups in total. The van der Waals surface area contributed by atoms with Gasteiger partial charge in [0.2, 0.25) is 0 Å². The summed E-state index contributed by atoms with van der Waals surface area (Å²) in [5.41, 5.74) is -2.31. The summed E-state index contributed by atoms with van der Waals surface area (Å²) < 4.78 is 68.0. The van der Waals surface area contributed by atoms with Crippen molar-refractivity contribution >= 4 is 27.5 Å². The number of Topliss-reactive ketones (excluding diaryl/α,β-unsaturated/α-hetero) is 2. The molecular weight excluding hydrogens is 551 g/mol. The molecule has 0 bridgehead atoms. The number of sulfonamides is 1. The molecule has 214 valence electrons. The summed E-state index contributed by atoms with van der Waals surface area (Å²) >= 11 is 0. The van der Waals surface area contributed by atoms with Crippen LogP contribution in [0.1, 0.15) is 46.3 Å². The van der Waals surface area contributed by atoms with Gasteiger partial charge in [-0.15, -0.1) is 0 Å². The minimum atomic E-state index is -5.31. The molecule has 1 amide bonds. The maximum Gasteiger partial charge on any atom is 0.511 e. The number of ketones is 2. The second-order valence-electron chi connectivity index (χ2n) is 10.2. The summed E-state index contributed by atoms with van der Waals surface area (Å²) in [5, 5.41) is 0. The lowest BCUT2D eigenvalue weighted by Crippen LogP contribution is -2.51. The van der Waals surface area contributed by atoms with Crippen LogP contribution in [0.5, 0.6) is 5.75 Å². The van der Waals surface area contributed by atoms with Crippen LogP contribution in [0, 0.1) is 0 Å². The van der Waals surface area contributed by atoms with Gasteiger partial charge < -0.3 is 9.64 Å². The number of carbonyl (C=O) groups excluding carboxylic acids is 3. The van der Waals surface area contributed by atoms with Gasteiger partial charge in [-0.3, -0.25) is 19.3 Å². The highest BCUT2D eigenvalue weighted by Gasteiger charge is 2.50. The summed E-state index contributed by atoms with van der Waals surface area (Å²) in [6, 6.07) is 12.1. The molecule has 9 nitrogen and oxygen atoms in total. The molecule has 5 rings (SSSR count). The summed E-state index contributed by atoms with van der Waals surface area (Å²) in [6.45, 7) is 0.887. The fraction of sp³-hybridized carbons (Fsp3) is 0.444. The van der Waals surface area contributed by atoms with Crippen LogP contribution in [0.3, 0.4) is 0 Å². The van der Waals surface area contributed by atoms with E-state index in [0.29, 0.717) is 34.1 Å². The summed E-state index contributed by atoms with van der Waals surface area (Å²) in [6.07, 6.45) is 0.481. The van der Waals surface area contributed by atoms with Gasteiger partial charge in [0.15, 0.2) is 5.78 Å². The third-order valence-electron chi connectivity index (χ3n) is 7.56. The number of rotatable bonds is 7. The lowest BCUT2D eigenvalue weighted by molar-refractivity contribution is -0.133.